The maximum absolute atomic E-state index is 10.0. The molecule has 0 spiro atoms. The van der Waals surface area contributed by atoms with Crippen LogP contribution in [0.5, 0.6) is 0 Å². The van der Waals surface area contributed by atoms with Gasteiger partial charge in [-0.1, -0.05) is 46.6 Å². The van der Waals surface area contributed by atoms with Gasteiger partial charge in [-0.25, -0.2) is 0 Å². The molecule has 0 aliphatic rings. The van der Waals surface area contributed by atoms with Gasteiger partial charge in [0.2, 0.25) is 0 Å². The Kier molecular flexibility index (Phi) is 11.0. The smallest absolute Gasteiger partial charge is 0.0757 e. The van der Waals surface area contributed by atoms with Gasteiger partial charge in [-0.05, 0) is 73.6 Å². The average molecular weight is 290 g/mol. The molecule has 0 aromatic carbocycles. The lowest BCUT2D eigenvalue weighted by atomic mass is 10.0. The molecule has 0 saturated heterocycles. The summed E-state index contributed by atoms with van der Waals surface area (Å²) in [5.41, 5.74) is 5.37. The first-order valence-corrected chi connectivity index (χ1v) is 8.09. The highest BCUT2D eigenvalue weighted by molar-refractivity contribution is 5.08. The Morgan fingerprint density at radius 3 is 1.71 bits per heavy atom. The van der Waals surface area contributed by atoms with Crippen LogP contribution in [0.4, 0.5) is 0 Å². The van der Waals surface area contributed by atoms with Crippen LogP contribution in [0.2, 0.25) is 0 Å². The second-order valence-electron chi connectivity index (χ2n) is 6.51. The van der Waals surface area contributed by atoms with Crippen molar-refractivity contribution in [3.8, 4) is 0 Å². The van der Waals surface area contributed by atoms with E-state index in [0.717, 1.165) is 32.1 Å². The van der Waals surface area contributed by atoms with Crippen LogP contribution < -0.4 is 0 Å². The van der Waals surface area contributed by atoms with E-state index in [1.807, 2.05) is 6.08 Å². The van der Waals surface area contributed by atoms with E-state index in [0.29, 0.717) is 0 Å². The fraction of sp³-hybridized carbons (Fsp3) is 0.600. The van der Waals surface area contributed by atoms with Gasteiger partial charge in [0, 0.05) is 0 Å². The van der Waals surface area contributed by atoms with E-state index in [1.165, 1.54) is 22.3 Å². The van der Waals surface area contributed by atoms with Crippen LogP contribution in [-0.4, -0.2) is 11.2 Å². The van der Waals surface area contributed by atoms with Crippen molar-refractivity contribution in [1.82, 2.24) is 0 Å². The molecule has 1 unspecified atom stereocenters. The van der Waals surface area contributed by atoms with Crippen molar-refractivity contribution in [2.75, 3.05) is 0 Å². The lowest BCUT2D eigenvalue weighted by Crippen LogP contribution is -2.01. The fourth-order valence-corrected chi connectivity index (χ4v) is 2.08. The van der Waals surface area contributed by atoms with Crippen molar-refractivity contribution in [1.29, 1.82) is 0 Å². The first-order valence-electron chi connectivity index (χ1n) is 8.09. The monoisotopic (exact) mass is 290 g/mol. The molecular weight excluding hydrogens is 256 g/mol. The summed E-state index contributed by atoms with van der Waals surface area (Å²) in [6.45, 7) is 12.8. The summed E-state index contributed by atoms with van der Waals surface area (Å²) in [6, 6.07) is 0. The van der Waals surface area contributed by atoms with Gasteiger partial charge in [0.15, 0.2) is 0 Å². The van der Waals surface area contributed by atoms with E-state index in [1.54, 1.807) is 0 Å². The highest BCUT2D eigenvalue weighted by Crippen LogP contribution is 2.12. The van der Waals surface area contributed by atoms with E-state index in [-0.39, 0.29) is 6.10 Å². The van der Waals surface area contributed by atoms with Crippen molar-refractivity contribution in [2.45, 2.75) is 79.8 Å². The van der Waals surface area contributed by atoms with Crippen molar-refractivity contribution in [3.05, 3.63) is 46.6 Å². The van der Waals surface area contributed by atoms with Crippen molar-refractivity contribution in [3.63, 3.8) is 0 Å². The number of allylic oxidation sites excluding steroid dienone is 6. The summed E-state index contributed by atoms with van der Waals surface area (Å²) in [6.07, 6.45) is 13.3. The number of rotatable bonds is 9. The summed E-state index contributed by atoms with van der Waals surface area (Å²) < 4.78 is 0. The van der Waals surface area contributed by atoms with Gasteiger partial charge in [-0.2, -0.15) is 0 Å². The molecule has 0 aromatic heterocycles. The summed E-state index contributed by atoms with van der Waals surface area (Å²) in [4.78, 5) is 0. The zero-order valence-corrected chi connectivity index (χ0v) is 14.9. The molecule has 0 aliphatic heterocycles. The zero-order valence-electron chi connectivity index (χ0n) is 14.9. The first kappa shape index (κ1) is 19.9. The Bertz CT molecular complexity index is 400. The van der Waals surface area contributed by atoms with Crippen LogP contribution in [0.25, 0.3) is 0 Å². The highest BCUT2D eigenvalue weighted by atomic mass is 16.3. The van der Waals surface area contributed by atoms with Crippen LogP contribution in [0.3, 0.4) is 0 Å². The molecule has 1 N–H and O–H groups in total. The van der Waals surface area contributed by atoms with Gasteiger partial charge in [-0.15, -0.1) is 0 Å². The number of hydrogen-bond acceptors (Lipinski definition) is 1. The number of aliphatic hydroxyl groups is 1. The van der Waals surface area contributed by atoms with Gasteiger partial charge >= 0.3 is 0 Å². The Balaban J connectivity index is 4.14. The fourth-order valence-electron chi connectivity index (χ4n) is 2.08. The molecule has 0 aromatic rings. The molecule has 21 heavy (non-hydrogen) atoms. The second-order valence-corrected chi connectivity index (χ2v) is 6.51. The molecule has 0 fully saturated rings. The van der Waals surface area contributed by atoms with Gasteiger partial charge in [0.25, 0.3) is 0 Å². The Morgan fingerprint density at radius 2 is 1.24 bits per heavy atom. The molecule has 0 amide bonds. The summed E-state index contributed by atoms with van der Waals surface area (Å²) in [7, 11) is 0. The van der Waals surface area contributed by atoms with Gasteiger partial charge < -0.3 is 5.11 Å². The predicted molar refractivity (Wildman–Crippen MR) is 95.5 cm³/mol. The lowest BCUT2D eigenvalue weighted by molar-refractivity contribution is 0.225. The van der Waals surface area contributed by atoms with Crippen LogP contribution in [0.15, 0.2) is 46.6 Å². The molecule has 0 saturated carbocycles. The molecule has 1 nitrogen and oxygen atoms in total. The Labute approximate surface area is 132 Å². The Morgan fingerprint density at radius 1 is 0.762 bits per heavy atom. The largest absolute Gasteiger partial charge is 0.389 e. The van der Waals surface area contributed by atoms with Crippen LogP contribution in [0, 0.1) is 0 Å². The quantitative estimate of drug-likeness (QED) is 0.507. The molecule has 1 atom stereocenters. The number of hydrogen-bond donors (Lipinski definition) is 1. The SMILES string of the molecule is CC(C)=CCC/C(C)=C\CC(O)/C=C(/C)CCC=C(C)C. The van der Waals surface area contributed by atoms with Crippen molar-refractivity contribution < 1.29 is 5.11 Å². The summed E-state index contributed by atoms with van der Waals surface area (Å²) in [5, 5.41) is 10.0. The second kappa shape index (κ2) is 11.6. The highest BCUT2D eigenvalue weighted by Gasteiger charge is 1.99. The van der Waals surface area contributed by atoms with E-state index in [4.69, 9.17) is 0 Å². The van der Waals surface area contributed by atoms with Crippen LogP contribution in [-0.2, 0) is 0 Å². The summed E-state index contributed by atoms with van der Waals surface area (Å²) >= 11 is 0. The molecular formula is C20H34O. The lowest BCUT2D eigenvalue weighted by Gasteiger charge is -2.06. The average Bonchev–Trinajstić information content (AvgIpc) is 2.35. The molecule has 0 aliphatic carbocycles. The minimum absolute atomic E-state index is 0.352. The third-order valence-electron chi connectivity index (χ3n) is 3.37. The topological polar surface area (TPSA) is 20.2 Å². The first-order chi connectivity index (χ1) is 9.81. The Hall–Kier alpha value is -1.08. The number of aliphatic hydroxyl groups excluding tert-OH is 1. The predicted octanol–water partition coefficient (Wildman–Crippen LogP) is 6.12. The van der Waals surface area contributed by atoms with Gasteiger partial charge in [0.1, 0.15) is 0 Å². The molecule has 1 heteroatoms. The van der Waals surface area contributed by atoms with Gasteiger partial charge in [0.05, 0.1) is 6.10 Å². The third-order valence-corrected chi connectivity index (χ3v) is 3.37. The molecule has 0 radical (unpaired) electrons. The van der Waals surface area contributed by atoms with E-state index < -0.39 is 0 Å². The van der Waals surface area contributed by atoms with Crippen molar-refractivity contribution in [2.24, 2.45) is 0 Å². The molecule has 120 valence electrons. The zero-order chi connectivity index (χ0) is 16.3. The van der Waals surface area contributed by atoms with E-state index >= 15 is 0 Å². The maximum Gasteiger partial charge on any atom is 0.0757 e. The van der Waals surface area contributed by atoms with Gasteiger partial charge in [-0.3, -0.25) is 0 Å². The minimum atomic E-state index is -0.352. The molecule has 0 rings (SSSR count). The standard InChI is InChI=1S/C20H34O/c1-16(2)9-7-11-18(5)13-14-20(21)15-19(6)12-8-10-17(3)4/h9-10,13,15,20-21H,7-8,11-12,14H2,1-6H3/b18-13-,19-15-. The van der Waals surface area contributed by atoms with E-state index in [9.17, 15) is 5.11 Å². The van der Waals surface area contributed by atoms with Crippen LogP contribution >= 0.6 is 0 Å². The van der Waals surface area contributed by atoms with E-state index in [2.05, 4.69) is 59.8 Å². The van der Waals surface area contributed by atoms with Crippen LogP contribution in [0.1, 0.15) is 73.6 Å². The molecule has 0 heterocycles. The minimum Gasteiger partial charge on any atom is -0.389 e. The summed E-state index contributed by atoms with van der Waals surface area (Å²) in [5.74, 6) is 0. The maximum atomic E-state index is 10.0. The molecule has 0 bridgehead atoms. The third kappa shape index (κ3) is 13.7. The normalized spacial score (nSPS) is 13.9. The van der Waals surface area contributed by atoms with Crippen molar-refractivity contribution >= 4 is 0 Å².